The molecule has 1 aliphatic heterocycles. The Morgan fingerprint density at radius 1 is 1.14 bits per heavy atom. The van der Waals surface area contributed by atoms with Crippen molar-refractivity contribution in [3.05, 3.63) is 83.0 Å². The Bertz CT molecular complexity index is 1130. The molecule has 0 unspecified atom stereocenters. The van der Waals surface area contributed by atoms with Crippen molar-refractivity contribution < 1.29 is 9.21 Å². The fourth-order valence-electron chi connectivity index (χ4n) is 3.69. The van der Waals surface area contributed by atoms with Crippen LogP contribution in [0.1, 0.15) is 33.1 Å². The highest BCUT2D eigenvalue weighted by atomic mass is 16.3. The number of benzene rings is 2. The first-order chi connectivity index (χ1) is 13.8. The molecule has 0 spiro atoms. The van der Waals surface area contributed by atoms with Gasteiger partial charge in [0.15, 0.2) is 11.5 Å². The van der Waals surface area contributed by atoms with Crippen LogP contribution in [0.3, 0.4) is 0 Å². The topological polar surface area (TPSA) is 75.0 Å². The summed E-state index contributed by atoms with van der Waals surface area (Å²) in [4.78, 5) is 19.4. The van der Waals surface area contributed by atoms with E-state index in [0.29, 0.717) is 24.5 Å². The van der Waals surface area contributed by atoms with Crippen LogP contribution in [0, 0.1) is 0 Å². The Hall–Kier alpha value is -3.41. The van der Waals surface area contributed by atoms with Gasteiger partial charge in [0.05, 0.1) is 6.20 Å². The highest BCUT2D eigenvalue weighted by molar-refractivity contribution is 5.97. The number of oxazole rings is 1. The zero-order valence-electron chi connectivity index (χ0n) is 15.4. The molecule has 0 saturated carbocycles. The molecule has 4 aromatic rings. The highest BCUT2D eigenvalue weighted by Crippen LogP contribution is 2.22. The Morgan fingerprint density at radius 3 is 2.93 bits per heavy atom. The predicted octanol–water partition coefficient (Wildman–Crippen LogP) is 3.53. The van der Waals surface area contributed by atoms with E-state index in [0.717, 1.165) is 41.6 Å². The van der Waals surface area contributed by atoms with Crippen molar-refractivity contribution in [3.63, 3.8) is 0 Å². The van der Waals surface area contributed by atoms with Crippen molar-refractivity contribution in [2.45, 2.75) is 25.8 Å². The number of carbonyl (C=O) groups is 1. The number of aromatic nitrogens is 3. The number of nitrogens with zero attached hydrogens (tertiary/aromatic N) is 3. The van der Waals surface area contributed by atoms with Crippen LogP contribution in [0.2, 0.25) is 0 Å². The van der Waals surface area contributed by atoms with Crippen LogP contribution in [0.4, 0.5) is 0 Å². The first-order valence-electron chi connectivity index (χ1n) is 9.50. The molecule has 6 nitrogen and oxygen atoms in total. The molecule has 0 radical (unpaired) electrons. The number of hydrogen-bond acceptors (Lipinski definition) is 4. The molecule has 5 rings (SSSR count). The number of aromatic amines is 1. The van der Waals surface area contributed by atoms with Gasteiger partial charge in [0.2, 0.25) is 0 Å². The lowest BCUT2D eigenvalue weighted by molar-refractivity contribution is 0.0734. The molecular weight excluding hydrogens is 352 g/mol. The fourth-order valence-corrected chi connectivity index (χ4v) is 3.69. The number of amides is 1. The minimum Gasteiger partial charge on any atom is -0.441 e. The summed E-state index contributed by atoms with van der Waals surface area (Å²) >= 11 is 0. The molecule has 140 valence electrons. The van der Waals surface area contributed by atoms with Gasteiger partial charge in [0.1, 0.15) is 5.52 Å². The zero-order valence-corrected chi connectivity index (χ0v) is 15.4. The van der Waals surface area contributed by atoms with Crippen molar-refractivity contribution in [2.24, 2.45) is 0 Å². The van der Waals surface area contributed by atoms with Crippen molar-refractivity contribution >= 4 is 17.0 Å². The molecule has 0 aliphatic carbocycles. The van der Waals surface area contributed by atoms with Crippen LogP contribution in [0.15, 0.2) is 59.1 Å². The third-order valence-electron chi connectivity index (χ3n) is 5.24. The summed E-state index contributed by atoms with van der Waals surface area (Å²) < 4.78 is 5.86. The van der Waals surface area contributed by atoms with Crippen LogP contribution in [-0.2, 0) is 25.8 Å². The summed E-state index contributed by atoms with van der Waals surface area (Å²) in [5, 5.41) is 7.07. The normalized spacial score (nSPS) is 13.6. The maximum Gasteiger partial charge on any atom is 0.254 e. The van der Waals surface area contributed by atoms with Crippen LogP contribution in [0.5, 0.6) is 0 Å². The van der Waals surface area contributed by atoms with Gasteiger partial charge in [-0.25, -0.2) is 4.98 Å². The average Bonchev–Trinajstić information content (AvgIpc) is 3.37. The van der Waals surface area contributed by atoms with Gasteiger partial charge >= 0.3 is 0 Å². The standard InChI is InChI=1S/C22H20N4O2/c27-22(26-11-10-18-17(14-26)13-23-25-18)16-7-8-20-19(12-16)24-21(28-20)9-6-15-4-2-1-3-5-15/h1-5,7-8,12-13H,6,9-11,14H2,(H,23,25). The summed E-state index contributed by atoms with van der Waals surface area (Å²) in [7, 11) is 0. The monoisotopic (exact) mass is 372 g/mol. The quantitative estimate of drug-likeness (QED) is 0.595. The second-order valence-electron chi connectivity index (χ2n) is 7.13. The van der Waals surface area contributed by atoms with Crippen LogP contribution < -0.4 is 0 Å². The molecule has 6 heteroatoms. The molecule has 0 bridgehead atoms. The number of carbonyl (C=O) groups excluding carboxylic acids is 1. The smallest absolute Gasteiger partial charge is 0.254 e. The maximum atomic E-state index is 12.9. The van der Waals surface area contributed by atoms with Gasteiger partial charge in [0, 0.05) is 42.8 Å². The summed E-state index contributed by atoms with van der Waals surface area (Å²) in [5.74, 6) is 0.715. The largest absolute Gasteiger partial charge is 0.441 e. The molecule has 1 N–H and O–H groups in total. The number of aryl methyl sites for hydroxylation is 2. The Morgan fingerprint density at radius 2 is 2.04 bits per heavy atom. The number of fused-ring (bicyclic) bond motifs is 2. The molecule has 0 atom stereocenters. The lowest BCUT2D eigenvalue weighted by Crippen LogP contribution is -2.35. The molecule has 28 heavy (non-hydrogen) atoms. The Kier molecular flexibility index (Phi) is 4.16. The van der Waals surface area contributed by atoms with Crippen LogP contribution >= 0.6 is 0 Å². The molecule has 2 aromatic heterocycles. The van der Waals surface area contributed by atoms with E-state index >= 15 is 0 Å². The number of hydrogen-bond donors (Lipinski definition) is 1. The number of nitrogens with one attached hydrogen (secondary N) is 1. The third kappa shape index (κ3) is 3.17. The molecular formula is C22H20N4O2. The molecule has 0 fully saturated rings. The summed E-state index contributed by atoms with van der Waals surface area (Å²) in [6.07, 6.45) is 4.21. The zero-order chi connectivity index (χ0) is 18.9. The minimum absolute atomic E-state index is 0.0163. The van der Waals surface area contributed by atoms with E-state index in [9.17, 15) is 4.79 Å². The van der Waals surface area contributed by atoms with Gasteiger partial charge in [-0.05, 0) is 30.2 Å². The van der Waals surface area contributed by atoms with E-state index in [1.165, 1.54) is 5.56 Å². The van der Waals surface area contributed by atoms with E-state index in [1.54, 1.807) is 6.20 Å². The molecule has 3 heterocycles. The van der Waals surface area contributed by atoms with E-state index < -0.39 is 0 Å². The maximum absolute atomic E-state index is 12.9. The summed E-state index contributed by atoms with van der Waals surface area (Å²) in [6.45, 7) is 1.27. The summed E-state index contributed by atoms with van der Waals surface area (Å²) in [5.41, 5.74) is 5.56. The highest BCUT2D eigenvalue weighted by Gasteiger charge is 2.23. The van der Waals surface area contributed by atoms with Gasteiger partial charge < -0.3 is 9.32 Å². The van der Waals surface area contributed by atoms with E-state index in [2.05, 4.69) is 27.3 Å². The predicted molar refractivity (Wildman–Crippen MR) is 105 cm³/mol. The minimum atomic E-state index is 0.0163. The van der Waals surface area contributed by atoms with Crippen molar-refractivity contribution in [1.82, 2.24) is 20.1 Å². The number of H-pyrrole nitrogens is 1. The van der Waals surface area contributed by atoms with E-state index in [-0.39, 0.29) is 5.91 Å². The third-order valence-corrected chi connectivity index (χ3v) is 5.24. The van der Waals surface area contributed by atoms with Gasteiger partial charge in [0.25, 0.3) is 5.91 Å². The summed E-state index contributed by atoms with van der Waals surface area (Å²) in [6, 6.07) is 15.8. The van der Waals surface area contributed by atoms with E-state index in [4.69, 9.17) is 4.42 Å². The molecule has 1 amide bonds. The van der Waals surface area contributed by atoms with Crippen molar-refractivity contribution in [1.29, 1.82) is 0 Å². The molecule has 2 aromatic carbocycles. The SMILES string of the molecule is O=C(c1ccc2oc(CCc3ccccc3)nc2c1)N1CCc2[nH]ncc2C1. The van der Waals surface area contributed by atoms with Crippen LogP contribution in [-0.4, -0.2) is 32.5 Å². The average molecular weight is 372 g/mol. The first kappa shape index (κ1) is 16.7. The van der Waals surface area contributed by atoms with E-state index in [1.807, 2.05) is 41.3 Å². The second kappa shape index (κ2) is 6.96. The molecule has 0 saturated heterocycles. The Labute approximate surface area is 162 Å². The van der Waals surface area contributed by atoms with Gasteiger partial charge in [-0.15, -0.1) is 0 Å². The fraction of sp³-hybridized carbons (Fsp3) is 0.227. The lowest BCUT2D eigenvalue weighted by Gasteiger charge is -2.26. The van der Waals surface area contributed by atoms with Crippen molar-refractivity contribution in [3.8, 4) is 0 Å². The van der Waals surface area contributed by atoms with Gasteiger partial charge in [-0.1, -0.05) is 30.3 Å². The number of rotatable bonds is 4. The second-order valence-corrected chi connectivity index (χ2v) is 7.13. The first-order valence-corrected chi connectivity index (χ1v) is 9.50. The van der Waals surface area contributed by atoms with Crippen molar-refractivity contribution in [2.75, 3.05) is 6.54 Å². The molecule has 1 aliphatic rings. The lowest BCUT2D eigenvalue weighted by atomic mass is 10.1. The van der Waals surface area contributed by atoms with Crippen LogP contribution in [0.25, 0.3) is 11.1 Å². The van der Waals surface area contributed by atoms with Gasteiger partial charge in [-0.3, -0.25) is 9.89 Å². The van der Waals surface area contributed by atoms with Gasteiger partial charge in [-0.2, -0.15) is 5.10 Å². The Balaban J connectivity index is 1.33.